The smallest absolute Gasteiger partial charge is 0.133 e. The van der Waals surface area contributed by atoms with Crippen molar-refractivity contribution >= 4 is 33.1 Å². The molecule has 1 saturated heterocycles. The molecule has 0 aliphatic carbocycles. The van der Waals surface area contributed by atoms with Crippen LogP contribution >= 0.6 is 28.1 Å². The molecule has 1 aromatic rings. The Hall–Kier alpha value is -0.650. The number of nitrogens with zero attached hydrogens (tertiary/aromatic N) is 1. The van der Waals surface area contributed by atoms with E-state index in [1.54, 1.807) is 7.11 Å². The highest BCUT2D eigenvalue weighted by Gasteiger charge is 2.32. The lowest BCUT2D eigenvalue weighted by atomic mass is 9.80. The number of likely N-dealkylation sites (tertiary alicyclic amines) is 1. The van der Waals surface area contributed by atoms with E-state index in [0.29, 0.717) is 4.99 Å². The number of nitrogens with two attached hydrogens (primary N) is 1. The standard InChI is InChI=1S/C15H21BrN2OS/c1-15(14(17)20)5-7-18(8-6-15)10-11-3-4-13(19-2)12(16)9-11/h3-4,9H,5-8,10H2,1-2H3,(H2,17,20). The van der Waals surface area contributed by atoms with E-state index in [2.05, 4.69) is 39.9 Å². The van der Waals surface area contributed by atoms with Crippen molar-refractivity contribution in [2.75, 3.05) is 20.2 Å². The van der Waals surface area contributed by atoms with Crippen molar-refractivity contribution in [1.29, 1.82) is 0 Å². The van der Waals surface area contributed by atoms with Gasteiger partial charge in [0.25, 0.3) is 0 Å². The largest absolute Gasteiger partial charge is 0.496 e. The van der Waals surface area contributed by atoms with Crippen LogP contribution in [0.15, 0.2) is 22.7 Å². The average Bonchev–Trinajstić information content (AvgIpc) is 2.42. The number of benzene rings is 1. The first kappa shape index (κ1) is 15.7. The van der Waals surface area contributed by atoms with Crippen LogP contribution in [0.4, 0.5) is 0 Å². The third kappa shape index (κ3) is 3.51. The average molecular weight is 357 g/mol. The zero-order chi connectivity index (χ0) is 14.8. The number of piperidine rings is 1. The number of ether oxygens (including phenoxy) is 1. The van der Waals surface area contributed by atoms with Crippen molar-refractivity contribution < 1.29 is 4.74 Å². The summed E-state index contributed by atoms with van der Waals surface area (Å²) in [6.07, 6.45) is 2.08. The van der Waals surface area contributed by atoms with Gasteiger partial charge >= 0.3 is 0 Å². The van der Waals surface area contributed by atoms with E-state index in [1.807, 2.05) is 6.07 Å². The Bertz CT molecular complexity index is 499. The van der Waals surface area contributed by atoms with E-state index in [1.165, 1.54) is 5.56 Å². The zero-order valence-corrected chi connectivity index (χ0v) is 14.4. The van der Waals surface area contributed by atoms with Crippen LogP contribution in [0.1, 0.15) is 25.3 Å². The van der Waals surface area contributed by atoms with Crippen LogP contribution in [0.5, 0.6) is 5.75 Å². The van der Waals surface area contributed by atoms with Crippen molar-refractivity contribution in [2.24, 2.45) is 11.1 Å². The molecule has 3 nitrogen and oxygen atoms in total. The topological polar surface area (TPSA) is 38.5 Å². The zero-order valence-electron chi connectivity index (χ0n) is 12.0. The van der Waals surface area contributed by atoms with Crippen LogP contribution in [-0.2, 0) is 6.54 Å². The fourth-order valence-corrected chi connectivity index (χ4v) is 3.31. The summed E-state index contributed by atoms with van der Waals surface area (Å²) in [6.45, 7) is 5.21. The number of methoxy groups -OCH3 is 1. The van der Waals surface area contributed by atoms with Crippen LogP contribution < -0.4 is 10.5 Å². The van der Waals surface area contributed by atoms with Crippen molar-refractivity contribution in [3.63, 3.8) is 0 Å². The summed E-state index contributed by atoms with van der Waals surface area (Å²) < 4.78 is 6.26. The van der Waals surface area contributed by atoms with Crippen molar-refractivity contribution in [3.8, 4) is 5.75 Å². The number of thiocarbonyl (C=S) groups is 1. The Labute approximate surface area is 134 Å². The lowest BCUT2D eigenvalue weighted by Crippen LogP contribution is -2.44. The van der Waals surface area contributed by atoms with Gasteiger partial charge in [0.15, 0.2) is 0 Å². The molecule has 2 rings (SSSR count). The number of hydrogen-bond donors (Lipinski definition) is 1. The SMILES string of the molecule is COc1ccc(CN2CCC(C)(C(N)=S)CC2)cc1Br. The maximum Gasteiger partial charge on any atom is 0.133 e. The second-order valence-corrected chi connectivity index (χ2v) is 6.96. The minimum atomic E-state index is 0.0341. The van der Waals surface area contributed by atoms with Crippen LogP contribution in [0.3, 0.4) is 0 Å². The second-order valence-electron chi connectivity index (χ2n) is 5.67. The van der Waals surface area contributed by atoms with Gasteiger partial charge in [-0.05, 0) is 59.6 Å². The van der Waals surface area contributed by atoms with Gasteiger partial charge in [0.2, 0.25) is 0 Å². The molecule has 5 heteroatoms. The molecule has 0 aromatic heterocycles. The molecule has 0 bridgehead atoms. The Kier molecular flexibility index (Phi) is 5.04. The van der Waals surface area contributed by atoms with Gasteiger partial charge in [-0.15, -0.1) is 0 Å². The van der Waals surface area contributed by atoms with Crippen LogP contribution in [0, 0.1) is 5.41 Å². The highest BCUT2D eigenvalue weighted by atomic mass is 79.9. The first-order valence-electron chi connectivity index (χ1n) is 6.79. The third-order valence-electron chi connectivity index (χ3n) is 4.18. The molecule has 1 aliphatic heterocycles. The van der Waals surface area contributed by atoms with Gasteiger partial charge in [-0.2, -0.15) is 0 Å². The summed E-state index contributed by atoms with van der Waals surface area (Å²) in [7, 11) is 1.68. The molecule has 1 heterocycles. The predicted molar refractivity (Wildman–Crippen MR) is 90.1 cm³/mol. The van der Waals surface area contributed by atoms with Crippen LogP contribution in [0.25, 0.3) is 0 Å². The first-order chi connectivity index (χ1) is 9.44. The number of rotatable bonds is 4. The summed E-state index contributed by atoms with van der Waals surface area (Å²) in [5, 5.41) is 0. The first-order valence-corrected chi connectivity index (χ1v) is 7.99. The highest BCUT2D eigenvalue weighted by molar-refractivity contribution is 9.10. The van der Waals surface area contributed by atoms with Gasteiger partial charge in [0.05, 0.1) is 16.6 Å². The highest BCUT2D eigenvalue weighted by Crippen LogP contribution is 2.32. The van der Waals surface area contributed by atoms with Crippen molar-refractivity contribution in [2.45, 2.75) is 26.3 Å². The van der Waals surface area contributed by atoms with Gasteiger partial charge in [0.1, 0.15) is 5.75 Å². The minimum Gasteiger partial charge on any atom is -0.496 e. The molecular formula is C15H21BrN2OS. The van der Waals surface area contributed by atoms with E-state index < -0.39 is 0 Å². The van der Waals surface area contributed by atoms with E-state index in [4.69, 9.17) is 22.7 Å². The summed E-state index contributed by atoms with van der Waals surface area (Å²) in [6, 6.07) is 6.24. The normalized spacial score (nSPS) is 18.8. The van der Waals surface area contributed by atoms with E-state index in [9.17, 15) is 0 Å². The van der Waals surface area contributed by atoms with E-state index >= 15 is 0 Å². The monoisotopic (exact) mass is 356 g/mol. The molecule has 110 valence electrons. The van der Waals surface area contributed by atoms with Gasteiger partial charge in [-0.1, -0.05) is 25.2 Å². The molecule has 0 saturated carbocycles. The van der Waals surface area contributed by atoms with Crippen LogP contribution in [0.2, 0.25) is 0 Å². The Morgan fingerprint density at radius 2 is 2.10 bits per heavy atom. The van der Waals surface area contributed by atoms with E-state index in [0.717, 1.165) is 42.7 Å². The van der Waals surface area contributed by atoms with E-state index in [-0.39, 0.29) is 5.41 Å². The van der Waals surface area contributed by atoms with Crippen molar-refractivity contribution in [3.05, 3.63) is 28.2 Å². The lowest BCUT2D eigenvalue weighted by molar-refractivity contribution is 0.158. The molecule has 1 aromatic carbocycles. The summed E-state index contributed by atoms with van der Waals surface area (Å²) >= 11 is 8.71. The Balaban J connectivity index is 1.96. The van der Waals surface area contributed by atoms with Crippen molar-refractivity contribution in [1.82, 2.24) is 4.90 Å². The molecular weight excluding hydrogens is 336 g/mol. The lowest BCUT2D eigenvalue weighted by Gasteiger charge is -2.38. The quantitative estimate of drug-likeness (QED) is 0.839. The molecule has 0 amide bonds. The predicted octanol–water partition coefficient (Wildman–Crippen LogP) is 3.35. The van der Waals surface area contributed by atoms with Gasteiger partial charge in [-0.3, -0.25) is 4.90 Å². The number of hydrogen-bond acceptors (Lipinski definition) is 3. The Morgan fingerprint density at radius 1 is 1.45 bits per heavy atom. The van der Waals surface area contributed by atoms with Gasteiger partial charge in [0, 0.05) is 12.0 Å². The molecule has 20 heavy (non-hydrogen) atoms. The van der Waals surface area contributed by atoms with Gasteiger partial charge < -0.3 is 10.5 Å². The third-order valence-corrected chi connectivity index (χ3v) is 5.29. The Morgan fingerprint density at radius 3 is 2.60 bits per heavy atom. The fourth-order valence-electron chi connectivity index (χ4n) is 2.52. The molecule has 2 N–H and O–H groups in total. The second kappa shape index (κ2) is 6.41. The molecule has 1 fully saturated rings. The van der Waals surface area contributed by atoms with Crippen LogP contribution in [-0.4, -0.2) is 30.1 Å². The summed E-state index contributed by atoms with van der Waals surface area (Å²) in [5.41, 5.74) is 7.17. The molecule has 0 atom stereocenters. The maximum atomic E-state index is 5.84. The van der Waals surface area contributed by atoms with Gasteiger partial charge in [-0.25, -0.2) is 0 Å². The molecule has 1 aliphatic rings. The number of halogens is 1. The minimum absolute atomic E-state index is 0.0341. The summed E-state index contributed by atoms with van der Waals surface area (Å²) in [4.78, 5) is 3.11. The maximum absolute atomic E-state index is 5.84. The molecule has 0 radical (unpaired) electrons. The summed E-state index contributed by atoms with van der Waals surface area (Å²) in [5.74, 6) is 0.869. The molecule has 0 spiro atoms. The fraction of sp³-hybridized carbons (Fsp3) is 0.533. The molecule has 0 unspecified atom stereocenters.